The Morgan fingerprint density at radius 1 is 0.973 bits per heavy atom. The molecule has 1 aromatic heterocycles. The second-order valence-corrected chi connectivity index (χ2v) is 10.9. The summed E-state index contributed by atoms with van der Waals surface area (Å²) in [6.07, 6.45) is 0. The summed E-state index contributed by atoms with van der Waals surface area (Å²) in [5, 5.41) is 6.50. The summed E-state index contributed by atoms with van der Waals surface area (Å²) >= 11 is 0. The van der Waals surface area contributed by atoms with Crippen molar-refractivity contribution < 1.29 is 9.63 Å². The van der Waals surface area contributed by atoms with Gasteiger partial charge in [0, 0.05) is 37.3 Å². The van der Waals surface area contributed by atoms with Crippen LogP contribution >= 0.6 is 0 Å². The van der Waals surface area contributed by atoms with Crippen LogP contribution < -0.4 is 5.56 Å². The van der Waals surface area contributed by atoms with E-state index < -0.39 is 0 Å². The number of benzene rings is 2. The maximum absolute atomic E-state index is 13.4. The van der Waals surface area contributed by atoms with Crippen molar-refractivity contribution in [2.24, 2.45) is 5.92 Å². The molecule has 0 N–H and O–H groups in total. The Hall–Kier alpha value is -3.51. The third kappa shape index (κ3) is 6.83. The molecule has 1 aliphatic rings. The molecule has 0 aliphatic carbocycles. The van der Waals surface area contributed by atoms with Crippen LogP contribution in [0.5, 0.6) is 0 Å². The monoisotopic (exact) mass is 500 g/mol. The fourth-order valence-corrected chi connectivity index (χ4v) is 4.44. The van der Waals surface area contributed by atoms with Crippen molar-refractivity contribution in [3.63, 3.8) is 0 Å². The summed E-state index contributed by atoms with van der Waals surface area (Å²) in [6, 6.07) is 20.3. The molecule has 0 radical (unpaired) electrons. The predicted octanol–water partition coefficient (Wildman–Crippen LogP) is 4.80. The van der Waals surface area contributed by atoms with Gasteiger partial charge in [0.1, 0.15) is 11.6 Å². The highest BCUT2D eigenvalue weighted by atomic mass is 16.7. The summed E-state index contributed by atoms with van der Waals surface area (Å²) in [5.41, 5.74) is 4.56. The molecule has 4 rings (SSSR count). The van der Waals surface area contributed by atoms with Crippen molar-refractivity contribution in [2.75, 3.05) is 19.6 Å². The molecule has 1 fully saturated rings. The molecule has 2 heterocycles. The highest BCUT2D eigenvalue weighted by Gasteiger charge is 2.27. The minimum atomic E-state index is -0.350. The van der Waals surface area contributed by atoms with Crippen LogP contribution in [0.15, 0.2) is 71.2 Å². The fourth-order valence-electron chi connectivity index (χ4n) is 4.44. The average molecular weight is 501 g/mol. The number of hydrogen-bond acceptors (Lipinski definition) is 6. The summed E-state index contributed by atoms with van der Waals surface area (Å²) in [6.45, 7) is 12.4. The second kappa shape index (κ2) is 11.3. The van der Waals surface area contributed by atoms with E-state index in [-0.39, 0.29) is 17.1 Å². The summed E-state index contributed by atoms with van der Waals surface area (Å²) in [4.78, 5) is 33.1. The Bertz CT molecular complexity index is 1320. The lowest BCUT2D eigenvalue weighted by Gasteiger charge is -2.38. The zero-order valence-corrected chi connectivity index (χ0v) is 22.4. The van der Waals surface area contributed by atoms with E-state index in [2.05, 4.69) is 44.1 Å². The van der Waals surface area contributed by atoms with Gasteiger partial charge in [-0.25, -0.2) is 9.48 Å². The largest absolute Gasteiger partial charge is 0.359 e. The molecule has 0 spiro atoms. The lowest BCUT2D eigenvalue weighted by molar-refractivity contribution is -0.233. The molecule has 0 bridgehead atoms. The molecule has 3 aromatic rings. The molecule has 7 heteroatoms. The highest BCUT2D eigenvalue weighted by molar-refractivity contribution is 5.68. The van der Waals surface area contributed by atoms with Crippen molar-refractivity contribution >= 4 is 5.94 Å². The first-order valence-electron chi connectivity index (χ1n) is 12.8. The van der Waals surface area contributed by atoms with Gasteiger partial charge >= 0.3 is 0 Å². The van der Waals surface area contributed by atoms with Gasteiger partial charge in [-0.05, 0) is 43.9 Å². The van der Waals surface area contributed by atoms with Gasteiger partial charge in [-0.2, -0.15) is 10.2 Å². The van der Waals surface area contributed by atoms with Crippen LogP contribution in [0, 0.1) is 5.92 Å². The van der Waals surface area contributed by atoms with Crippen molar-refractivity contribution in [1.29, 1.82) is 0 Å². The van der Waals surface area contributed by atoms with Crippen LogP contribution in [0.1, 0.15) is 40.2 Å². The average Bonchev–Trinajstić information content (AvgIpc) is 2.86. The van der Waals surface area contributed by atoms with Crippen molar-refractivity contribution in [3.05, 3.63) is 82.3 Å². The van der Waals surface area contributed by atoms with Crippen LogP contribution in [-0.2, 0) is 22.7 Å². The third-order valence-corrected chi connectivity index (χ3v) is 6.08. The molecule has 0 saturated carbocycles. The van der Waals surface area contributed by atoms with E-state index in [0.29, 0.717) is 44.0 Å². The molecule has 0 atom stereocenters. The third-order valence-electron chi connectivity index (χ3n) is 6.08. The number of nitrogens with zero attached hydrogens (tertiary/aromatic N) is 4. The number of hydroxylamine groups is 2. The molecule has 37 heavy (non-hydrogen) atoms. The minimum absolute atomic E-state index is 0.128. The van der Waals surface area contributed by atoms with Gasteiger partial charge in [0.15, 0.2) is 0 Å². The van der Waals surface area contributed by atoms with Crippen molar-refractivity contribution in [3.8, 4) is 22.4 Å². The van der Waals surface area contributed by atoms with Crippen LogP contribution in [0.25, 0.3) is 22.4 Å². The molecule has 194 valence electrons. The van der Waals surface area contributed by atoms with Crippen molar-refractivity contribution in [2.45, 2.75) is 53.3 Å². The fraction of sp³-hybridized carbons (Fsp3) is 0.400. The van der Waals surface area contributed by atoms with Crippen LogP contribution in [-0.4, -0.2) is 50.9 Å². The Labute approximate surface area is 218 Å². The Balaban J connectivity index is 1.63. The Morgan fingerprint density at radius 2 is 1.62 bits per heavy atom. The zero-order valence-electron chi connectivity index (χ0n) is 22.4. The molecule has 0 amide bonds. The standard InChI is InChI=1S/C30H36N4O3/c1-22(2)18-34-29(36)26(19-32-15-16-33(20-27(32)21-35)37-30(3,4)5)17-28(31-34)25-13-11-24(12-14-25)23-9-7-6-8-10-23/h6-14,17,22H,15-16,18-20H2,1-5H3. The van der Waals surface area contributed by atoms with Gasteiger partial charge in [0.25, 0.3) is 5.56 Å². The quantitative estimate of drug-likeness (QED) is 0.434. The summed E-state index contributed by atoms with van der Waals surface area (Å²) in [7, 11) is 0. The molecular weight excluding hydrogens is 464 g/mol. The Kier molecular flexibility index (Phi) is 8.08. The first kappa shape index (κ1) is 26.6. The first-order chi connectivity index (χ1) is 17.6. The van der Waals surface area contributed by atoms with E-state index in [9.17, 15) is 9.59 Å². The summed E-state index contributed by atoms with van der Waals surface area (Å²) < 4.78 is 1.56. The number of piperazine rings is 1. The minimum Gasteiger partial charge on any atom is -0.359 e. The van der Waals surface area contributed by atoms with E-state index in [1.165, 1.54) is 0 Å². The SMILES string of the molecule is CC(C)Cn1nc(-c2ccc(-c3ccccc3)cc2)cc(CN2CCN(OC(C)(C)C)CC2=C=O)c1=O. The normalized spacial score (nSPS) is 14.8. The first-order valence-corrected chi connectivity index (χ1v) is 12.8. The highest BCUT2D eigenvalue weighted by Crippen LogP contribution is 2.25. The van der Waals surface area contributed by atoms with Crippen LogP contribution in [0.3, 0.4) is 0 Å². The number of hydrogen-bond donors (Lipinski definition) is 0. The van der Waals surface area contributed by atoms with Crippen LogP contribution in [0.2, 0.25) is 0 Å². The number of carbonyl (C=O) groups excluding carboxylic acids is 1. The van der Waals surface area contributed by atoms with Gasteiger partial charge in [-0.1, -0.05) is 68.4 Å². The van der Waals surface area contributed by atoms with Gasteiger partial charge in [-0.3, -0.25) is 9.63 Å². The molecule has 0 unspecified atom stereocenters. The van der Waals surface area contributed by atoms with Gasteiger partial charge in [-0.15, -0.1) is 0 Å². The maximum atomic E-state index is 13.4. The van der Waals surface area contributed by atoms with E-state index >= 15 is 0 Å². The molecule has 1 saturated heterocycles. The zero-order chi connectivity index (χ0) is 26.6. The van der Waals surface area contributed by atoms with Crippen LogP contribution in [0.4, 0.5) is 0 Å². The molecule has 2 aromatic carbocycles. The topological polar surface area (TPSA) is 67.7 Å². The predicted molar refractivity (Wildman–Crippen MR) is 146 cm³/mol. The second-order valence-electron chi connectivity index (χ2n) is 10.9. The lowest BCUT2D eigenvalue weighted by Crippen LogP contribution is -2.47. The molecule has 1 aliphatic heterocycles. The van der Waals surface area contributed by atoms with E-state index in [4.69, 9.17) is 9.94 Å². The lowest BCUT2D eigenvalue weighted by atomic mass is 10.0. The summed E-state index contributed by atoms with van der Waals surface area (Å²) in [5.74, 6) is 2.33. The van der Waals surface area contributed by atoms with E-state index in [0.717, 1.165) is 22.4 Å². The van der Waals surface area contributed by atoms with Crippen molar-refractivity contribution in [1.82, 2.24) is 19.7 Å². The number of aromatic nitrogens is 2. The van der Waals surface area contributed by atoms with Gasteiger partial charge < -0.3 is 4.90 Å². The Morgan fingerprint density at radius 3 is 2.24 bits per heavy atom. The maximum Gasteiger partial charge on any atom is 0.271 e. The van der Waals surface area contributed by atoms with Gasteiger partial charge in [0.05, 0.1) is 17.8 Å². The molecule has 7 nitrogen and oxygen atoms in total. The van der Waals surface area contributed by atoms with E-state index in [1.807, 2.05) is 62.1 Å². The number of rotatable bonds is 7. The van der Waals surface area contributed by atoms with Gasteiger partial charge in [0.2, 0.25) is 0 Å². The molecular formula is C30H36N4O3. The smallest absolute Gasteiger partial charge is 0.271 e. The van der Waals surface area contributed by atoms with E-state index in [1.54, 1.807) is 9.75 Å².